The van der Waals surface area contributed by atoms with Crippen LogP contribution in [0, 0.1) is 18.1 Å². The van der Waals surface area contributed by atoms with Gasteiger partial charge in [0.2, 0.25) is 0 Å². The van der Waals surface area contributed by atoms with E-state index in [2.05, 4.69) is 57.3 Å². The number of rotatable bonds is 1. The van der Waals surface area contributed by atoms with Gasteiger partial charge < -0.3 is 0 Å². The Morgan fingerprint density at radius 2 is 1.68 bits per heavy atom. The molecule has 1 radical (unpaired) electrons. The quantitative estimate of drug-likeness (QED) is 0.433. The predicted molar refractivity (Wildman–Crippen MR) is 90.3 cm³/mol. The molecule has 0 aromatic carbocycles. The van der Waals surface area contributed by atoms with E-state index >= 15 is 0 Å². The molecule has 0 saturated heterocycles. The summed E-state index contributed by atoms with van der Waals surface area (Å²) in [6, 6.07) is 0. The molecule has 0 aromatic rings. The molecule has 2 rings (SSSR count). The van der Waals surface area contributed by atoms with Gasteiger partial charge in [-0.1, -0.05) is 32.9 Å². The number of hydrogen-bond acceptors (Lipinski definition) is 0. The van der Waals surface area contributed by atoms with Crippen molar-refractivity contribution in [3.05, 3.63) is 48.1 Å². The molecule has 19 heavy (non-hydrogen) atoms. The normalized spacial score (nSPS) is 13.0. The molecule has 0 heterocycles. The van der Waals surface area contributed by atoms with E-state index in [4.69, 9.17) is 0 Å². The van der Waals surface area contributed by atoms with Crippen LogP contribution in [0.15, 0.2) is 36.0 Å². The SMILES string of the molecule is CC(C)C1=[C-]CC=C1.C[SiH]C.Cl.Cl.[C-]1=CC=CC1.[Zr+2]. The summed E-state index contributed by atoms with van der Waals surface area (Å²) in [5, 5.41) is 0. The van der Waals surface area contributed by atoms with Gasteiger partial charge in [0.25, 0.3) is 0 Å². The molecular weight excluding hydrogens is 370 g/mol. The molecule has 2 aliphatic carbocycles. The van der Waals surface area contributed by atoms with Crippen LogP contribution in [0.25, 0.3) is 0 Å². The molecule has 107 valence electrons. The average Bonchev–Trinajstić information content (AvgIpc) is 2.96. The van der Waals surface area contributed by atoms with E-state index in [1.807, 2.05) is 12.2 Å². The second kappa shape index (κ2) is 20.9. The van der Waals surface area contributed by atoms with E-state index in [1.54, 1.807) is 0 Å². The van der Waals surface area contributed by atoms with Crippen molar-refractivity contribution in [2.75, 3.05) is 0 Å². The Balaban J connectivity index is -0.0000000907. The van der Waals surface area contributed by atoms with Crippen molar-refractivity contribution in [3.8, 4) is 0 Å². The Labute approximate surface area is 153 Å². The Morgan fingerprint density at radius 1 is 1.11 bits per heavy atom. The fourth-order valence-electron chi connectivity index (χ4n) is 1.16. The molecule has 0 aromatic heterocycles. The molecule has 0 nitrogen and oxygen atoms in total. The third-order valence-corrected chi connectivity index (χ3v) is 1.93. The minimum atomic E-state index is 0. The average molecular weight is 396 g/mol. The molecule has 0 atom stereocenters. The van der Waals surface area contributed by atoms with Crippen molar-refractivity contribution in [2.24, 2.45) is 5.92 Å². The van der Waals surface area contributed by atoms with Gasteiger partial charge in [-0.05, 0) is 0 Å². The molecule has 0 unspecified atom stereocenters. The van der Waals surface area contributed by atoms with Crippen LogP contribution in [-0.2, 0) is 26.2 Å². The molecule has 0 bridgehead atoms. The maximum absolute atomic E-state index is 3.26. The zero-order chi connectivity index (χ0) is 12.2. The molecular formula is C15H25Cl2SiZr. The zero-order valence-corrected chi connectivity index (χ0v) is 17.5. The number of halogens is 2. The van der Waals surface area contributed by atoms with E-state index in [-0.39, 0.29) is 51.0 Å². The first-order valence-corrected chi connectivity index (χ1v) is 8.26. The van der Waals surface area contributed by atoms with Gasteiger partial charge in [0, 0.05) is 9.52 Å². The first-order chi connectivity index (χ1) is 7.72. The predicted octanol–water partition coefficient (Wildman–Crippen LogP) is 5.00. The van der Waals surface area contributed by atoms with E-state index in [0.717, 1.165) is 22.4 Å². The Hall–Kier alpha value is 0.640. The van der Waals surface area contributed by atoms with Crippen LogP contribution in [0.2, 0.25) is 13.1 Å². The second-order valence-corrected chi connectivity index (χ2v) is 5.13. The van der Waals surface area contributed by atoms with Gasteiger partial charge in [0.15, 0.2) is 0 Å². The van der Waals surface area contributed by atoms with E-state index in [1.165, 1.54) is 5.57 Å². The van der Waals surface area contributed by atoms with Crippen LogP contribution in [0.1, 0.15) is 26.7 Å². The van der Waals surface area contributed by atoms with Crippen molar-refractivity contribution >= 4 is 34.3 Å². The van der Waals surface area contributed by atoms with Gasteiger partial charge >= 0.3 is 26.2 Å². The molecule has 0 fully saturated rings. The fraction of sp³-hybridized carbons (Fsp3) is 0.467. The summed E-state index contributed by atoms with van der Waals surface area (Å²) in [6.07, 6.45) is 18.6. The van der Waals surface area contributed by atoms with Gasteiger partial charge in [0.05, 0.1) is 0 Å². The molecule has 4 heteroatoms. The van der Waals surface area contributed by atoms with E-state index < -0.39 is 0 Å². The molecule has 0 aliphatic heterocycles. The van der Waals surface area contributed by atoms with E-state index in [9.17, 15) is 0 Å². The minimum absolute atomic E-state index is 0. The molecule has 2 aliphatic rings. The molecule has 0 amide bonds. The monoisotopic (exact) mass is 393 g/mol. The minimum Gasteiger partial charge on any atom is -0.273 e. The standard InChI is InChI=1S/C8H11.C5H5.C2H7Si.2ClH.Zr/c1-7(2)8-5-3-4-6-8;1-2-4-5-3-1;1-3-2;;;/h3,5,7H,4H2,1-2H3;1-3H,4H2;3H,1-2H3;2*1H;/q2*-1;;;;+2. The third kappa shape index (κ3) is 18.6. The third-order valence-electron chi connectivity index (χ3n) is 1.93. The summed E-state index contributed by atoms with van der Waals surface area (Å²) in [7, 11) is 0.750. The Morgan fingerprint density at radius 3 is 1.84 bits per heavy atom. The molecule has 0 spiro atoms. The van der Waals surface area contributed by atoms with Crippen molar-refractivity contribution in [2.45, 2.75) is 39.8 Å². The summed E-state index contributed by atoms with van der Waals surface area (Å²) in [6.45, 7) is 8.80. The van der Waals surface area contributed by atoms with Crippen LogP contribution in [0.3, 0.4) is 0 Å². The summed E-state index contributed by atoms with van der Waals surface area (Å²) in [5.41, 5.74) is 1.37. The van der Waals surface area contributed by atoms with Crippen LogP contribution < -0.4 is 0 Å². The van der Waals surface area contributed by atoms with Crippen molar-refractivity contribution < 1.29 is 26.2 Å². The Bertz CT molecular complexity index is 272. The first-order valence-electron chi connectivity index (χ1n) is 5.95. The molecule has 0 N–H and O–H groups in total. The molecule has 0 saturated carbocycles. The first kappa shape index (κ1) is 27.9. The van der Waals surface area contributed by atoms with Gasteiger partial charge in [0.1, 0.15) is 0 Å². The van der Waals surface area contributed by atoms with Crippen LogP contribution >= 0.6 is 24.8 Å². The topological polar surface area (TPSA) is 0 Å². The van der Waals surface area contributed by atoms with E-state index in [0.29, 0.717) is 5.92 Å². The summed E-state index contributed by atoms with van der Waals surface area (Å²) >= 11 is 0. The van der Waals surface area contributed by atoms with Gasteiger partial charge in [-0.3, -0.25) is 12.2 Å². The van der Waals surface area contributed by atoms with Gasteiger partial charge in [-0.25, -0.2) is 23.8 Å². The van der Waals surface area contributed by atoms with Gasteiger partial charge in [-0.2, -0.15) is 12.2 Å². The zero-order valence-electron chi connectivity index (χ0n) is 12.3. The van der Waals surface area contributed by atoms with Crippen molar-refractivity contribution in [1.29, 1.82) is 0 Å². The number of hydrogen-bond donors (Lipinski definition) is 0. The van der Waals surface area contributed by atoms with Crippen molar-refractivity contribution in [1.82, 2.24) is 0 Å². The summed E-state index contributed by atoms with van der Waals surface area (Å²) < 4.78 is 0. The number of allylic oxidation sites excluding steroid dienone is 8. The maximum Gasteiger partial charge on any atom is 2.00 e. The summed E-state index contributed by atoms with van der Waals surface area (Å²) in [4.78, 5) is 0. The van der Waals surface area contributed by atoms with Crippen molar-refractivity contribution in [3.63, 3.8) is 0 Å². The Kier molecular flexibility index (Phi) is 30.8. The van der Waals surface area contributed by atoms with Gasteiger partial charge in [-0.15, -0.1) is 37.7 Å². The summed E-state index contributed by atoms with van der Waals surface area (Å²) in [5.74, 6) is 0.661. The fourth-order valence-corrected chi connectivity index (χ4v) is 1.16. The second-order valence-electron chi connectivity index (χ2n) is 3.97. The smallest absolute Gasteiger partial charge is 0.273 e. The van der Waals surface area contributed by atoms with Crippen LogP contribution in [-0.4, -0.2) is 9.52 Å². The van der Waals surface area contributed by atoms with Crippen LogP contribution in [0.4, 0.5) is 0 Å². The maximum atomic E-state index is 3.26. The van der Waals surface area contributed by atoms with Crippen LogP contribution in [0.5, 0.6) is 0 Å². The largest absolute Gasteiger partial charge is 2.00 e.